The second-order valence-electron chi connectivity index (χ2n) is 13.5. The number of piperidine rings is 1. The number of rotatable bonds is 15. The highest BCUT2D eigenvalue weighted by Crippen LogP contribution is 2.30. The lowest BCUT2D eigenvalue weighted by atomic mass is 9.88. The summed E-state index contributed by atoms with van der Waals surface area (Å²) in [4.78, 5) is 36.0. The molecule has 54 heavy (non-hydrogen) atoms. The maximum absolute atomic E-state index is 15.6. The van der Waals surface area contributed by atoms with Gasteiger partial charge in [0.05, 0.1) is 69.3 Å². The Bertz CT molecular complexity index is 1830. The van der Waals surface area contributed by atoms with Crippen LogP contribution < -0.4 is 10.6 Å². The zero-order valence-electron chi connectivity index (χ0n) is 30.6. The third-order valence-corrected chi connectivity index (χ3v) is 8.10. The van der Waals surface area contributed by atoms with Crippen LogP contribution in [0.15, 0.2) is 24.4 Å². The van der Waals surface area contributed by atoms with Crippen molar-refractivity contribution in [3.8, 4) is 11.8 Å². The maximum atomic E-state index is 15.6. The molecular formula is C34H44F4N8O8. The van der Waals surface area contributed by atoms with Crippen LogP contribution in [0.4, 0.5) is 34.0 Å². The lowest BCUT2D eigenvalue weighted by molar-refractivity contribution is -0.390. The van der Waals surface area contributed by atoms with Gasteiger partial charge in [-0.15, -0.1) is 0 Å². The number of alkyl carbamates (subject to hydrolysis) is 1. The molecule has 0 bridgehead atoms. The van der Waals surface area contributed by atoms with E-state index < -0.39 is 53.2 Å². The summed E-state index contributed by atoms with van der Waals surface area (Å²) in [6.07, 6.45) is -6.25. The number of nitrogens with one attached hydrogen (secondary N) is 2. The number of halogens is 4. The van der Waals surface area contributed by atoms with Crippen molar-refractivity contribution in [2.75, 3.05) is 65.5 Å². The van der Waals surface area contributed by atoms with Crippen LogP contribution in [0.25, 0.3) is 5.52 Å². The molecule has 3 aromatic rings. The van der Waals surface area contributed by atoms with Gasteiger partial charge in [0.15, 0.2) is 5.56 Å². The van der Waals surface area contributed by atoms with Gasteiger partial charge in [0.1, 0.15) is 23.3 Å². The molecule has 16 nitrogen and oxygen atoms in total. The molecule has 1 aliphatic heterocycles. The number of alkyl halides is 4. The molecule has 1 saturated heterocycles. The fourth-order valence-electron chi connectivity index (χ4n) is 5.84. The van der Waals surface area contributed by atoms with E-state index in [9.17, 15) is 32.9 Å². The fraction of sp³-hybridized carbons (Fsp3) is 0.588. The van der Waals surface area contributed by atoms with E-state index in [1.165, 1.54) is 21.5 Å². The number of methoxy groups -OCH3 is 1. The van der Waals surface area contributed by atoms with Crippen molar-refractivity contribution in [1.82, 2.24) is 29.6 Å². The van der Waals surface area contributed by atoms with Crippen LogP contribution in [0.2, 0.25) is 0 Å². The lowest BCUT2D eigenvalue weighted by Crippen LogP contribution is -2.53. The van der Waals surface area contributed by atoms with E-state index in [0.29, 0.717) is 13.0 Å². The lowest BCUT2D eigenvalue weighted by Gasteiger charge is -2.40. The number of carbonyl (C=O) groups is 2. The minimum absolute atomic E-state index is 0.128. The number of hydrogen-bond acceptors (Lipinski definition) is 12. The van der Waals surface area contributed by atoms with Crippen molar-refractivity contribution in [2.45, 2.75) is 64.1 Å². The standard InChI is InChI=1S/C34H44F4N8O8/c1-33(2,3)54-32(48)39-12-7-8-26-23(18-34(36,37)38)27-9-6-10-28(45(27)41-26)40-29-22(19-43(4)21-25(29)35)11-14-52-16-17-53-15-13-44-20-24(31(47)51-5)30(42-44)46(49)50/h6,9-10,20,22,25,29,40H,11-19,21H2,1-5H3,(H,39,48)/t22-,25-,29+/m0/s1. The summed E-state index contributed by atoms with van der Waals surface area (Å²) in [5, 5.41) is 25.0. The first-order chi connectivity index (χ1) is 25.5. The summed E-state index contributed by atoms with van der Waals surface area (Å²) < 4.78 is 80.2. The van der Waals surface area contributed by atoms with Gasteiger partial charge in [0, 0.05) is 25.3 Å². The predicted molar refractivity (Wildman–Crippen MR) is 186 cm³/mol. The van der Waals surface area contributed by atoms with Crippen LogP contribution in [0.1, 0.15) is 48.8 Å². The molecule has 1 amide bonds. The van der Waals surface area contributed by atoms with E-state index >= 15 is 4.39 Å². The van der Waals surface area contributed by atoms with E-state index in [1.54, 1.807) is 40.0 Å². The summed E-state index contributed by atoms with van der Waals surface area (Å²) in [6.45, 7) is 6.47. The maximum Gasteiger partial charge on any atom is 0.408 e. The van der Waals surface area contributed by atoms with Gasteiger partial charge in [0.25, 0.3) is 0 Å². The molecule has 3 atom stereocenters. The molecule has 296 valence electrons. The number of esters is 1. The normalized spacial score (nSPS) is 17.8. The van der Waals surface area contributed by atoms with Crippen LogP contribution in [0.3, 0.4) is 0 Å². The molecule has 1 fully saturated rings. The summed E-state index contributed by atoms with van der Waals surface area (Å²) >= 11 is 0. The highest BCUT2D eigenvalue weighted by molar-refractivity contribution is 5.92. The Morgan fingerprint density at radius 1 is 1.09 bits per heavy atom. The number of nitro groups is 1. The molecule has 1 aliphatic rings. The number of likely N-dealkylation sites (tertiary alicyclic amines) is 1. The smallest absolute Gasteiger partial charge is 0.408 e. The van der Waals surface area contributed by atoms with Gasteiger partial charge >= 0.3 is 24.1 Å². The second-order valence-corrected chi connectivity index (χ2v) is 13.5. The van der Waals surface area contributed by atoms with Crippen LogP contribution in [-0.4, -0.2) is 125 Å². The minimum atomic E-state index is -4.56. The first-order valence-electron chi connectivity index (χ1n) is 17.0. The number of ether oxygens (including phenoxy) is 4. The van der Waals surface area contributed by atoms with Crippen molar-refractivity contribution in [2.24, 2.45) is 5.92 Å². The minimum Gasteiger partial charge on any atom is -0.465 e. The number of nitrogens with zero attached hydrogens (tertiary/aromatic N) is 6. The van der Waals surface area contributed by atoms with Crippen LogP contribution in [-0.2, 0) is 31.9 Å². The SMILES string of the molecule is COC(=O)c1cn(CCOCCOCC[C@H]2CN(C)C[C@H](F)[C@@H]2Nc2cccc3c(CC(F)(F)F)c(C#CCNC(=O)OC(C)(C)C)nn23)nc1[N+](=O)[O-]. The first kappa shape index (κ1) is 41.8. The molecule has 0 aliphatic carbocycles. The predicted octanol–water partition coefficient (Wildman–Crippen LogP) is 4.01. The van der Waals surface area contributed by atoms with E-state index in [4.69, 9.17) is 14.2 Å². The number of hydrogen-bond donors (Lipinski definition) is 2. The zero-order chi connectivity index (χ0) is 39.6. The van der Waals surface area contributed by atoms with Crippen LogP contribution in [0.5, 0.6) is 0 Å². The highest BCUT2D eigenvalue weighted by Gasteiger charge is 2.37. The van der Waals surface area contributed by atoms with Gasteiger partial charge in [-0.1, -0.05) is 12.0 Å². The molecule has 0 radical (unpaired) electrons. The molecule has 4 rings (SSSR count). The van der Waals surface area contributed by atoms with Gasteiger partial charge in [-0.2, -0.15) is 23.0 Å². The van der Waals surface area contributed by atoms with E-state index in [2.05, 4.69) is 37.4 Å². The largest absolute Gasteiger partial charge is 0.465 e. The van der Waals surface area contributed by atoms with E-state index in [-0.39, 0.29) is 80.1 Å². The monoisotopic (exact) mass is 768 g/mol. The molecule has 0 saturated carbocycles. The summed E-state index contributed by atoms with van der Waals surface area (Å²) in [6, 6.07) is 3.93. The molecule has 3 aromatic heterocycles. The van der Waals surface area contributed by atoms with E-state index in [1.807, 2.05) is 4.90 Å². The van der Waals surface area contributed by atoms with Crippen LogP contribution >= 0.6 is 0 Å². The summed E-state index contributed by atoms with van der Waals surface area (Å²) in [5.74, 6) is 3.81. The Labute approximate surface area is 308 Å². The number of carbonyl (C=O) groups excluding carboxylic acids is 2. The fourth-order valence-corrected chi connectivity index (χ4v) is 5.84. The zero-order valence-corrected chi connectivity index (χ0v) is 30.6. The van der Waals surface area contributed by atoms with Crippen molar-refractivity contribution in [1.29, 1.82) is 0 Å². The molecule has 2 N–H and O–H groups in total. The number of anilines is 1. The van der Waals surface area contributed by atoms with Gasteiger partial charge in [0.2, 0.25) is 0 Å². The Balaban J connectivity index is 1.36. The third-order valence-electron chi connectivity index (χ3n) is 8.10. The van der Waals surface area contributed by atoms with Crippen molar-refractivity contribution in [3.05, 3.63) is 51.3 Å². The van der Waals surface area contributed by atoms with Crippen LogP contribution in [0, 0.1) is 27.9 Å². The third kappa shape index (κ3) is 12.0. The molecule has 20 heteroatoms. The number of amides is 1. The van der Waals surface area contributed by atoms with Gasteiger partial charge in [-0.3, -0.25) is 0 Å². The Kier molecular flexibility index (Phi) is 14.2. The Morgan fingerprint density at radius 3 is 2.48 bits per heavy atom. The van der Waals surface area contributed by atoms with E-state index in [0.717, 1.165) is 7.11 Å². The average Bonchev–Trinajstić information content (AvgIpc) is 3.66. The van der Waals surface area contributed by atoms with Crippen molar-refractivity contribution >= 4 is 29.2 Å². The van der Waals surface area contributed by atoms with Gasteiger partial charge in [-0.25, -0.2) is 18.5 Å². The molecule has 0 spiro atoms. The average molecular weight is 769 g/mol. The number of fused-ring (bicyclic) bond motifs is 1. The number of aromatic nitrogens is 4. The topological polar surface area (TPSA) is 177 Å². The van der Waals surface area contributed by atoms with Crippen molar-refractivity contribution < 1.29 is 51.0 Å². The Morgan fingerprint density at radius 2 is 1.81 bits per heavy atom. The first-order valence-corrected chi connectivity index (χ1v) is 17.0. The van der Waals surface area contributed by atoms with Gasteiger partial charge < -0.3 is 44.6 Å². The quantitative estimate of drug-likeness (QED) is 0.0569. The molecule has 0 aromatic carbocycles. The summed E-state index contributed by atoms with van der Waals surface area (Å²) in [5.41, 5.74) is -1.14. The second kappa shape index (κ2) is 18.4. The molecule has 4 heterocycles. The van der Waals surface area contributed by atoms with Gasteiger partial charge in [-0.05, 0) is 63.1 Å². The molecule has 0 unspecified atom stereocenters. The Hall–Kier alpha value is -5.00. The summed E-state index contributed by atoms with van der Waals surface area (Å²) in [7, 11) is 2.91. The molecular weight excluding hydrogens is 724 g/mol. The highest BCUT2D eigenvalue weighted by atomic mass is 19.4. The number of pyridine rings is 1. The van der Waals surface area contributed by atoms with Crippen molar-refractivity contribution in [3.63, 3.8) is 0 Å².